The number of allylic oxidation sites excluding steroid dienone is 2. The lowest BCUT2D eigenvalue weighted by Crippen LogP contribution is -2.17. The van der Waals surface area contributed by atoms with Crippen molar-refractivity contribution in [1.82, 2.24) is 0 Å². The van der Waals surface area contributed by atoms with E-state index in [-0.39, 0.29) is 11.7 Å². The van der Waals surface area contributed by atoms with E-state index < -0.39 is 0 Å². The van der Waals surface area contributed by atoms with Gasteiger partial charge in [0, 0.05) is 29.5 Å². The number of Topliss-reactive ketones (excluding diaryl/α,β-unsaturated/α-hetero) is 1. The van der Waals surface area contributed by atoms with Crippen molar-refractivity contribution in [1.29, 1.82) is 0 Å². The van der Waals surface area contributed by atoms with Crippen molar-refractivity contribution < 1.29 is 9.53 Å². The molecule has 0 radical (unpaired) electrons. The fraction of sp³-hybridized carbons (Fsp3) is 0.250. The molecule has 0 spiro atoms. The Bertz CT molecular complexity index is 770. The minimum atomic E-state index is 0.0479. The van der Waals surface area contributed by atoms with E-state index in [9.17, 15) is 4.79 Å². The van der Waals surface area contributed by atoms with Crippen molar-refractivity contribution in [3.63, 3.8) is 0 Å². The molecule has 1 unspecified atom stereocenters. The molecule has 0 saturated carbocycles. The van der Waals surface area contributed by atoms with Crippen LogP contribution in [0.4, 0.5) is 5.69 Å². The molecule has 1 aliphatic rings. The Morgan fingerprint density at radius 2 is 2.04 bits per heavy atom. The third-order valence-electron chi connectivity index (χ3n) is 4.00. The maximum absolute atomic E-state index is 12.2. The van der Waals surface area contributed by atoms with E-state index in [0.29, 0.717) is 24.5 Å². The molecule has 2 aromatic carbocycles. The summed E-state index contributed by atoms with van der Waals surface area (Å²) < 4.78 is 5.64. The third kappa shape index (κ3) is 3.98. The van der Waals surface area contributed by atoms with E-state index in [1.807, 2.05) is 55.5 Å². The largest absolute Gasteiger partial charge is 0.492 e. The van der Waals surface area contributed by atoms with Gasteiger partial charge in [-0.2, -0.15) is 0 Å². The van der Waals surface area contributed by atoms with Gasteiger partial charge in [-0.25, -0.2) is 0 Å². The fourth-order valence-electron chi connectivity index (χ4n) is 2.95. The summed E-state index contributed by atoms with van der Waals surface area (Å²) in [6, 6.07) is 15.5. The van der Waals surface area contributed by atoms with Crippen molar-refractivity contribution in [3.05, 3.63) is 70.9 Å². The summed E-state index contributed by atoms with van der Waals surface area (Å²) in [6.07, 6.45) is 3.05. The second kappa shape index (κ2) is 7.54. The van der Waals surface area contributed by atoms with Crippen molar-refractivity contribution in [2.45, 2.75) is 25.7 Å². The SMILES string of the molecule is CCOc1ccccc1NC1=CC(c2cccc(Cl)c2)CC(=O)C1. The van der Waals surface area contributed by atoms with Gasteiger partial charge in [-0.15, -0.1) is 0 Å². The number of carbonyl (C=O) groups is 1. The molecule has 124 valence electrons. The van der Waals surface area contributed by atoms with Crippen LogP contribution in [0, 0.1) is 0 Å². The molecule has 2 aromatic rings. The zero-order valence-electron chi connectivity index (χ0n) is 13.6. The van der Waals surface area contributed by atoms with Crippen molar-refractivity contribution in [2.75, 3.05) is 11.9 Å². The maximum Gasteiger partial charge on any atom is 0.142 e. The molecule has 0 bridgehead atoms. The van der Waals surface area contributed by atoms with Gasteiger partial charge in [0.05, 0.1) is 12.3 Å². The molecule has 0 heterocycles. The van der Waals surface area contributed by atoms with Gasteiger partial charge in [-0.1, -0.05) is 41.9 Å². The highest BCUT2D eigenvalue weighted by molar-refractivity contribution is 6.30. The molecule has 0 fully saturated rings. The van der Waals surface area contributed by atoms with Crippen LogP contribution in [0.1, 0.15) is 31.2 Å². The fourth-order valence-corrected chi connectivity index (χ4v) is 3.15. The van der Waals surface area contributed by atoms with E-state index in [1.54, 1.807) is 0 Å². The first-order valence-electron chi connectivity index (χ1n) is 8.12. The number of hydrogen-bond donors (Lipinski definition) is 1. The van der Waals surface area contributed by atoms with Gasteiger partial charge >= 0.3 is 0 Å². The minimum Gasteiger partial charge on any atom is -0.492 e. The van der Waals surface area contributed by atoms with Crippen molar-refractivity contribution in [3.8, 4) is 5.75 Å². The van der Waals surface area contributed by atoms with Crippen LogP contribution < -0.4 is 10.1 Å². The van der Waals surface area contributed by atoms with Gasteiger partial charge in [0.2, 0.25) is 0 Å². The average Bonchev–Trinajstić information content (AvgIpc) is 2.56. The van der Waals surface area contributed by atoms with Gasteiger partial charge in [0.15, 0.2) is 0 Å². The average molecular weight is 342 g/mol. The van der Waals surface area contributed by atoms with Gasteiger partial charge in [-0.05, 0) is 36.8 Å². The van der Waals surface area contributed by atoms with Crippen LogP contribution in [0.3, 0.4) is 0 Å². The Hall–Kier alpha value is -2.26. The van der Waals surface area contributed by atoms with Gasteiger partial charge < -0.3 is 10.1 Å². The maximum atomic E-state index is 12.2. The Labute approximate surface area is 147 Å². The van der Waals surface area contributed by atoms with Crippen LogP contribution in [0.25, 0.3) is 0 Å². The zero-order chi connectivity index (χ0) is 16.9. The van der Waals surface area contributed by atoms with Crippen LogP contribution in [-0.4, -0.2) is 12.4 Å². The quantitative estimate of drug-likeness (QED) is 0.814. The van der Waals surface area contributed by atoms with Gasteiger partial charge in [-0.3, -0.25) is 4.79 Å². The summed E-state index contributed by atoms with van der Waals surface area (Å²) >= 11 is 6.08. The standard InChI is InChI=1S/C20H20ClNO2/c1-2-24-20-9-4-3-8-19(20)22-17-11-15(12-18(23)13-17)14-6-5-7-16(21)10-14/h3-11,15,22H,2,12-13H2,1H3. The molecule has 3 nitrogen and oxygen atoms in total. The summed E-state index contributed by atoms with van der Waals surface area (Å²) in [5, 5.41) is 4.05. The summed E-state index contributed by atoms with van der Waals surface area (Å²) in [7, 11) is 0. The molecular formula is C20H20ClNO2. The van der Waals surface area contributed by atoms with E-state index in [0.717, 1.165) is 22.7 Å². The number of para-hydroxylation sites is 2. The summed E-state index contributed by atoms with van der Waals surface area (Å²) in [5.41, 5.74) is 2.85. The van der Waals surface area contributed by atoms with Crippen LogP contribution in [0.2, 0.25) is 5.02 Å². The van der Waals surface area contributed by atoms with Crippen molar-refractivity contribution in [2.24, 2.45) is 0 Å². The number of ether oxygens (including phenoxy) is 1. The topological polar surface area (TPSA) is 38.3 Å². The molecule has 3 rings (SSSR count). The lowest BCUT2D eigenvalue weighted by Gasteiger charge is -2.23. The lowest BCUT2D eigenvalue weighted by molar-refractivity contribution is -0.118. The highest BCUT2D eigenvalue weighted by Crippen LogP contribution is 2.33. The van der Waals surface area contributed by atoms with Gasteiger partial charge in [0.1, 0.15) is 11.5 Å². The third-order valence-corrected chi connectivity index (χ3v) is 4.23. The normalized spacial score (nSPS) is 17.3. The second-order valence-corrected chi connectivity index (χ2v) is 6.26. The Kier molecular flexibility index (Phi) is 5.21. The molecule has 24 heavy (non-hydrogen) atoms. The molecule has 1 aliphatic carbocycles. The van der Waals surface area contributed by atoms with E-state index in [2.05, 4.69) is 11.4 Å². The summed E-state index contributed by atoms with van der Waals surface area (Å²) in [6.45, 7) is 2.55. The molecule has 1 atom stereocenters. The Morgan fingerprint density at radius 3 is 2.83 bits per heavy atom. The highest BCUT2D eigenvalue weighted by Gasteiger charge is 2.22. The van der Waals surface area contributed by atoms with Gasteiger partial charge in [0.25, 0.3) is 0 Å². The van der Waals surface area contributed by atoms with E-state index in [1.165, 1.54) is 0 Å². The number of carbonyl (C=O) groups excluding carboxylic acids is 1. The summed E-state index contributed by atoms with van der Waals surface area (Å²) in [5.74, 6) is 1.06. The van der Waals surface area contributed by atoms with Crippen LogP contribution in [-0.2, 0) is 4.79 Å². The van der Waals surface area contributed by atoms with E-state index >= 15 is 0 Å². The molecule has 0 saturated heterocycles. The Morgan fingerprint density at radius 1 is 1.21 bits per heavy atom. The number of nitrogens with one attached hydrogen (secondary N) is 1. The first-order valence-corrected chi connectivity index (χ1v) is 8.50. The number of anilines is 1. The molecule has 0 aliphatic heterocycles. The predicted molar refractivity (Wildman–Crippen MR) is 97.8 cm³/mol. The summed E-state index contributed by atoms with van der Waals surface area (Å²) in [4.78, 5) is 12.2. The molecule has 0 amide bonds. The second-order valence-electron chi connectivity index (χ2n) is 5.83. The molecule has 0 aromatic heterocycles. The number of halogens is 1. The van der Waals surface area contributed by atoms with Crippen LogP contribution >= 0.6 is 11.6 Å². The van der Waals surface area contributed by atoms with Crippen LogP contribution in [0.15, 0.2) is 60.3 Å². The molecule has 4 heteroatoms. The highest BCUT2D eigenvalue weighted by atomic mass is 35.5. The van der Waals surface area contributed by atoms with Crippen molar-refractivity contribution >= 4 is 23.1 Å². The first-order chi connectivity index (χ1) is 11.7. The lowest BCUT2D eigenvalue weighted by atomic mass is 9.87. The first kappa shape index (κ1) is 16.6. The molecule has 1 N–H and O–H groups in total. The monoisotopic (exact) mass is 341 g/mol. The number of benzene rings is 2. The molecular weight excluding hydrogens is 322 g/mol. The number of hydrogen-bond acceptors (Lipinski definition) is 3. The van der Waals surface area contributed by atoms with Crippen LogP contribution in [0.5, 0.6) is 5.75 Å². The number of ketones is 1. The predicted octanol–water partition coefficient (Wildman–Crippen LogP) is 5.18. The Balaban J connectivity index is 1.86. The minimum absolute atomic E-state index is 0.0479. The smallest absolute Gasteiger partial charge is 0.142 e. The zero-order valence-corrected chi connectivity index (χ0v) is 14.3. The van der Waals surface area contributed by atoms with E-state index in [4.69, 9.17) is 16.3 Å². The number of rotatable bonds is 5.